The number of para-hydroxylation sites is 1. The molecule has 1 saturated heterocycles. The molecule has 1 amide bonds. The van der Waals surface area contributed by atoms with Crippen LogP contribution in [-0.4, -0.2) is 33.8 Å². The number of likely N-dealkylation sites (tertiary alicyclic amines) is 1. The molecule has 0 bridgehead atoms. The Morgan fingerprint density at radius 1 is 1.05 bits per heavy atom. The summed E-state index contributed by atoms with van der Waals surface area (Å²) >= 11 is 0. The summed E-state index contributed by atoms with van der Waals surface area (Å²) in [5, 5.41) is 12.5. The number of benzene rings is 3. The number of rotatable bonds is 5. The van der Waals surface area contributed by atoms with Crippen molar-refractivity contribution >= 4 is 28.4 Å². The molecule has 200 valence electrons. The lowest BCUT2D eigenvalue weighted by molar-refractivity contribution is -0.140. The molecule has 3 aromatic carbocycles. The second-order valence-corrected chi connectivity index (χ2v) is 10.9. The van der Waals surface area contributed by atoms with Gasteiger partial charge in [0, 0.05) is 39.8 Å². The van der Waals surface area contributed by atoms with Gasteiger partial charge in [0.1, 0.15) is 17.3 Å². The van der Waals surface area contributed by atoms with E-state index in [1.54, 1.807) is 37.4 Å². The molecule has 1 aromatic heterocycles. The highest BCUT2D eigenvalue weighted by Crippen LogP contribution is 2.44. The number of aliphatic hydroxyl groups excluding tert-OH is 1. The van der Waals surface area contributed by atoms with E-state index in [1.807, 2.05) is 52.0 Å². The van der Waals surface area contributed by atoms with E-state index < -0.39 is 17.7 Å². The van der Waals surface area contributed by atoms with Crippen LogP contribution in [0.4, 0.5) is 4.39 Å². The first-order valence-corrected chi connectivity index (χ1v) is 12.8. The SMILES string of the molecule is COc1ccc(/C(O)=C2\C(=O)C(=O)N(Cc3ccc(F)cc3)C2c2c(C)[nH]c3ccccc23)cc1C(C)(C)C. The molecule has 1 aliphatic rings. The van der Waals surface area contributed by atoms with E-state index in [9.17, 15) is 19.1 Å². The quantitative estimate of drug-likeness (QED) is 0.176. The number of aromatic amines is 1. The Balaban J connectivity index is 1.74. The Labute approximate surface area is 226 Å². The summed E-state index contributed by atoms with van der Waals surface area (Å²) in [7, 11) is 1.59. The van der Waals surface area contributed by atoms with Crippen molar-refractivity contribution in [3.05, 3.63) is 106 Å². The normalized spacial score (nSPS) is 17.3. The van der Waals surface area contributed by atoms with E-state index in [4.69, 9.17) is 4.74 Å². The molecule has 0 saturated carbocycles. The van der Waals surface area contributed by atoms with Gasteiger partial charge >= 0.3 is 0 Å². The molecule has 1 unspecified atom stereocenters. The molecule has 2 heterocycles. The summed E-state index contributed by atoms with van der Waals surface area (Å²) in [5.41, 5.74) is 4.03. The minimum absolute atomic E-state index is 0.0139. The van der Waals surface area contributed by atoms with Gasteiger partial charge in [0.2, 0.25) is 0 Å². The van der Waals surface area contributed by atoms with E-state index in [1.165, 1.54) is 17.0 Å². The van der Waals surface area contributed by atoms with E-state index in [0.717, 1.165) is 27.7 Å². The Hall–Kier alpha value is -4.39. The number of H-pyrrole nitrogens is 1. The standard InChI is InChI=1S/C32H31FN2O4/c1-18-26(22-8-6-7-9-24(22)34-18)28-27(29(36)20-12-15-25(39-5)23(16-20)32(2,3)4)30(37)31(38)35(28)17-19-10-13-21(33)14-11-19/h6-16,28,34,36H,17H2,1-5H3/b29-27+. The fraction of sp³-hybridized carbons (Fsp3) is 0.250. The molecule has 1 aliphatic heterocycles. The van der Waals surface area contributed by atoms with Crippen LogP contribution >= 0.6 is 0 Å². The van der Waals surface area contributed by atoms with Crippen LogP contribution in [0.15, 0.2) is 72.3 Å². The van der Waals surface area contributed by atoms with E-state index in [0.29, 0.717) is 16.9 Å². The summed E-state index contributed by atoms with van der Waals surface area (Å²) in [5.74, 6) is -1.46. The zero-order valence-electron chi connectivity index (χ0n) is 22.6. The number of aliphatic hydroxyl groups is 1. The maximum atomic E-state index is 13.6. The predicted octanol–water partition coefficient (Wildman–Crippen LogP) is 6.54. The number of Topliss-reactive ketones (excluding diaryl/α,β-unsaturated/α-hetero) is 1. The van der Waals surface area contributed by atoms with Crippen LogP contribution in [0, 0.1) is 12.7 Å². The number of nitrogens with zero attached hydrogens (tertiary/aromatic N) is 1. The number of carbonyl (C=O) groups excluding carboxylic acids is 2. The number of aryl methyl sites for hydroxylation is 1. The molecule has 5 rings (SSSR count). The summed E-state index contributed by atoms with van der Waals surface area (Å²) in [4.78, 5) is 32.0. The van der Waals surface area contributed by atoms with Crippen molar-refractivity contribution in [2.75, 3.05) is 7.11 Å². The average molecular weight is 527 g/mol. The lowest BCUT2D eigenvalue weighted by atomic mass is 9.84. The van der Waals surface area contributed by atoms with Gasteiger partial charge in [-0.05, 0) is 54.3 Å². The first-order chi connectivity index (χ1) is 18.5. The number of fused-ring (bicyclic) bond motifs is 1. The third kappa shape index (κ3) is 4.58. The number of hydrogen-bond acceptors (Lipinski definition) is 4. The number of carbonyl (C=O) groups is 2. The number of aromatic nitrogens is 1. The zero-order chi connectivity index (χ0) is 28.1. The molecular weight excluding hydrogens is 495 g/mol. The molecule has 7 heteroatoms. The van der Waals surface area contributed by atoms with Crippen LogP contribution in [0.1, 0.15) is 54.8 Å². The summed E-state index contributed by atoms with van der Waals surface area (Å²) < 4.78 is 19.2. The van der Waals surface area contributed by atoms with Gasteiger partial charge in [-0.3, -0.25) is 9.59 Å². The van der Waals surface area contributed by atoms with Gasteiger partial charge in [0.25, 0.3) is 11.7 Å². The van der Waals surface area contributed by atoms with Gasteiger partial charge in [-0.15, -0.1) is 0 Å². The number of halogens is 1. The average Bonchev–Trinajstić information content (AvgIpc) is 3.36. The monoisotopic (exact) mass is 526 g/mol. The Morgan fingerprint density at radius 2 is 1.74 bits per heavy atom. The third-order valence-corrected chi connectivity index (χ3v) is 7.30. The van der Waals surface area contributed by atoms with E-state index in [2.05, 4.69) is 4.98 Å². The van der Waals surface area contributed by atoms with Crippen molar-refractivity contribution in [3.8, 4) is 5.75 Å². The second-order valence-electron chi connectivity index (χ2n) is 10.9. The largest absolute Gasteiger partial charge is 0.507 e. The molecule has 6 nitrogen and oxygen atoms in total. The Morgan fingerprint density at radius 3 is 2.41 bits per heavy atom. The van der Waals surface area contributed by atoms with Gasteiger partial charge in [0.05, 0.1) is 18.7 Å². The van der Waals surface area contributed by atoms with Crippen LogP contribution in [0.25, 0.3) is 16.7 Å². The minimum Gasteiger partial charge on any atom is -0.507 e. The van der Waals surface area contributed by atoms with Crippen molar-refractivity contribution < 1.29 is 23.8 Å². The maximum Gasteiger partial charge on any atom is 0.295 e. The lowest BCUT2D eigenvalue weighted by Gasteiger charge is -2.26. The number of hydrogen-bond donors (Lipinski definition) is 2. The van der Waals surface area contributed by atoms with Gasteiger partial charge in [0.15, 0.2) is 0 Å². The number of methoxy groups -OCH3 is 1. The molecule has 0 spiro atoms. The van der Waals surface area contributed by atoms with Crippen LogP contribution < -0.4 is 4.74 Å². The molecule has 1 atom stereocenters. The molecule has 2 N–H and O–H groups in total. The van der Waals surface area contributed by atoms with Gasteiger partial charge in [-0.25, -0.2) is 4.39 Å². The number of ketones is 1. The number of ether oxygens (including phenoxy) is 1. The number of amides is 1. The molecule has 4 aromatic rings. The van der Waals surface area contributed by atoms with Crippen molar-refractivity contribution in [2.45, 2.75) is 45.7 Å². The molecule has 39 heavy (non-hydrogen) atoms. The maximum absolute atomic E-state index is 13.6. The molecule has 1 fully saturated rings. The highest BCUT2D eigenvalue weighted by atomic mass is 19.1. The fourth-order valence-corrected chi connectivity index (χ4v) is 5.38. The third-order valence-electron chi connectivity index (χ3n) is 7.30. The molecule has 0 radical (unpaired) electrons. The molecular formula is C32H31FN2O4. The van der Waals surface area contributed by atoms with Crippen LogP contribution in [0.2, 0.25) is 0 Å². The van der Waals surface area contributed by atoms with Crippen LogP contribution in [0.5, 0.6) is 5.75 Å². The van der Waals surface area contributed by atoms with Crippen molar-refractivity contribution in [1.29, 1.82) is 0 Å². The first-order valence-electron chi connectivity index (χ1n) is 12.8. The zero-order valence-corrected chi connectivity index (χ0v) is 22.6. The first kappa shape index (κ1) is 26.2. The minimum atomic E-state index is -0.855. The van der Waals surface area contributed by atoms with E-state index in [-0.39, 0.29) is 29.1 Å². The van der Waals surface area contributed by atoms with Gasteiger partial charge in [-0.2, -0.15) is 0 Å². The highest BCUT2D eigenvalue weighted by molar-refractivity contribution is 6.46. The summed E-state index contributed by atoms with van der Waals surface area (Å²) in [6.45, 7) is 8.06. The summed E-state index contributed by atoms with van der Waals surface area (Å²) in [6, 6.07) is 17.9. The van der Waals surface area contributed by atoms with E-state index >= 15 is 0 Å². The smallest absolute Gasteiger partial charge is 0.295 e. The fourth-order valence-electron chi connectivity index (χ4n) is 5.38. The van der Waals surface area contributed by atoms with Crippen LogP contribution in [0.3, 0.4) is 0 Å². The van der Waals surface area contributed by atoms with Crippen molar-refractivity contribution in [2.24, 2.45) is 0 Å². The van der Waals surface area contributed by atoms with Crippen LogP contribution in [-0.2, 0) is 21.5 Å². The predicted molar refractivity (Wildman–Crippen MR) is 149 cm³/mol. The van der Waals surface area contributed by atoms with Crippen molar-refractivity contribution in [3.63, 3.8) is 0 Å². The van der Waals surface area contributed by atoms with Crippen molar-refractivity contribution in [1.82, 2.24) is 9.88 Å². The second kappa shape index (κ2) is 9.73. The Bertz CT molecular complexity index is 1630. The van der Waals surface area contributed by atoms with Gasteiger partial charge in [-0.1, -0.05) is 51.1 Å². The molecule has 0 aliphatic carbocycles. The summed E-state index contributed by atoms with van der Waals surface area (Å²) in [6.07, 6.45) is 0. The topological polar surface area (TPSA) is 82.6 Å². The lowest BCUT2D eigenvalue weighted by Crippen LogP contribution is -2.29. The Kier molecular flexibility index (Phi) is 6.54. The highest BCUT2D eigenvalue weighted by Gasteiger charge is 2.47. The number of nitrogens with one attached hydrogen (secondary N) is 1. The van der Waals surface area contributed by atoms with Gasteiger partial charge < -0.3 is 19.7 Å².